The first-order valence-corrected chi connectivity index (χ1v) is 9.88. The van der Waals surface area contributed by atoms with Gasteiger partial charge < -0.3 is 14.7 Å². The van der Waals surface area contributed by atoms with E-state index in [1.807, 2.05) is 32.0 Å². The van der Waals surface area contributed by atoms with Crippen molar-refractivity contribution in [2.75, 3.05) is 23.3 Å². The van der Waals surface area contributed by atoms with Gasteiger partial charge in [0, 0.05) is 13.1 Å². The van der Waals surface area contributed by atoms with E-state index in [2.05, 4.69) is 25.3 Å². The summed E-state index contributed by atoms with van der Waals surface area (Å²) in [5.74, 6) is 1.25. The summed E-state index contributed by atoms with van der Waals surface area (Å²) < 4.78 is 5.40. The summed E-state index contributed by atoms with van der Waals surface area (Å²) in [6, 6.07) is 7.27. The molecule has 1 atom stereocenters. The Morgan fingerprint density at radius 1 is 1.36 bits per heavy atom. The van der Waals surface area contributed by atoms with Crippen molar-refractivity contribution in [3.63, 3.8) is 0 Å². The van der Waals surface area contributed by atoms with Gasteiger partial charge in [0.25, 0.3) is 5.71 Å². The van der Waals surface area contributed by atoms with E-state index in [1.165, 1.54) is 0 Å². The third-order valence-corrected chi connectivity index (χ3v) is 5.39. The maximum absolute atomic E-state index is 12.8. The highest BCUT2D eigenvalue weighted by atomic mass is 35.5. The van der Waals surface area contributed by atoms with Gasteiger partial charge in [0.05, 0.1) is 22.3 Å². The number of fused-ring (bicyclic) bond motifs is 1. The molecule has 8 heteroatoms. The summed E-state index contributed by atoms with van der Waals surface area (Å²) >= 11 is 6.18. The number of aryl methyl sites for hydroxylation is 2. The summed E-state index contributed by atoms with van der Waals surface area (Å²) in [6.07, 6.45) is 2.46. The summed E-state index contributed by atoms with van der Waals surface area (Å²) in [4.78, 5) is 24.0. The molecule has 4 rings (SSSR count). The minimum atomic E-state index is -0.153. The molecule has 0 spiro atoms. The zero-order valence-corrected chi connectivity index (χ0v) is 16.7. The lowest BCUT2D eigenvalue weighted by atomic mass is 9.96. The Balaban J connectivity index is 1.59. The fourth-order valence-electron chi connectivity index (χ4n) is 3.65. The van der Waals surface area contributed by atoms with Gasteiger partial charge in [-0.25, -0.2) is 4.98 Å². The van der Waals surface area contributed by atoms with Crippen LogP contribution < -0.4 is 10.2 Å². The Morgan fingerprint density at radius 3 is 2.96 bits per heavy atom. The second-order valence-electron chi connectivity index (χ2n) is 7.01. The van der Waals surface area contributed by atoms with E-state index in [4.69, 9.17) is 16.1 Å². The lowest BCUT2D eigenvalue weighted by molar-refractivity contribution is -0.120. The molecule has 1 fully saturated rings. The number of hydrogen-bond donors (Lipinski definition) is 1. The highest BCUT2D eigenvalue weighted by molar-refractivity contribution is 6.33. The lowest BCUT2D eigenvalue weighted by Gasteiger charge is -2.33. The molecule has 0 saturated carbocycles. The molecule has 146 valence electrons. The number of nitrogens with one attached hydrogen (secondary N) is 1. The van der Waals surface area contributed by atoms with Crippen molar-refractivity contribution in [3.05, 3.63) is 40.8 Å². The molecule has 3 heterocycles. The molecule has 1 aliphatic heterocycles. The quantitative estimate of drug-likeness (QED) is 0.713. The van der Waals surface area contributed by atoms with Crippen molar-refractivity contribution in [1.82, 2.24) is 15.1 Å². The molecule has 0 aliphatic carbocycles. The van der Waals surface area contributed by atoms with Gasteiger partial charge in [0.15, 0.2) is 0 Å². The van der Waals surface area contributed by atoms with Crippen LogP contribution >= 0.6 is 11.6 Å². The molecule has 0 unspecified atom stereocenters. The van der Waals surface area contributed by atoms with E-state index < -0.39 is 0 Å². The Morgan fingerprint density at radius 2 is 2.18 bits per heavy atom. The highest BCUT2D eigenvalue weighted by Gasteiger charge is 2.29. The minimum Gasteiger partial charge on any atom is -0.355 e. The maximum atomic E-state index is 12.8. The molecule has 0 bridgehead atoms. The molecule has 3 aromatic rings. The van der Waals surface area contributed by atoms with Crippen molar-refractivity contribution in [1.29, 1.82) is 0 Å². The van der Waals surface area contributed by atoms with Crippen LogP contribution in [0, 0.1) is 12.8 Å². The molecule has 1 aromatic carbocycles. The highest BCUT2D eigenvalue weighted by Crippen LogP contribution is 2.31. The van der Waals surface area contributed by atoms with Crippen molar-refractivity contribution in [3.8, 4) is 0 Å². The number of nitrogens with zero attached hydrogens (tertiary/aromatic N) is 4. The normalized spacial score (nSPS) is 17.1. The second kappa shape index (κ2) is 7.75. The predicted molar refractivity (Wildman–Crippen MR) is 109 cm³/mol. The molecular weight excluding hydrogens is 378 g/mol. The topological polar surface area (TPSA) is 84.2 Å². The number of carbonyl (C=O) groups excluding carboxylic acids is 1. The van der Waals surface area contributed by atoms with E-state index in [0.29, 0.717) is 28.8 Å². The lowest BCUT2D eigenvalue weighted by Crippen LogP contribution is -2.41. The molecule has 1 aliphatic rings. The zero-order chi connectivity index (χ0) is 19.7. The van der Waals surface area contributed by atoms with Crippen LogP contribution in [-0.4, -0.2) is 34.1 Å². The Kier molecular flexibility index (Phi) is 5.17. The Hall–Kier alpha value is -2.67. The van der Waals surface area contributed by atoms with Crippen molar-refractivity contribution >= 4 is 40.1 Å². The predicted octanol–water partition coefficient (Wildman–Crippen LogP) is 4.00. The number of amides is 1. The summed E-state index contributed by atoms with van der Waals surface area (Å²) in [5.41, 5.74) is 1.98. The summed E-state index contributed by atoms with van der Waals surface area (Å²) in [6.45, 7) is 5.27. The van der Waals surface area contributed by atoms with Gasteiger partial charge in [0.2, 0.25) is 5.91 Å². The fraction of sp³-hybridized carbons (Fsp3) is 0.400. The van der Waals surface area contributed by atoms with Crippen LogP contribution in [0.15, 0.2) is 28.8 Å². The maximum Gasteiger partial charge on any atom is 0.263 e. The van der Waals surface area contributed by atoms with Crippen LogP contribution in [0.25, 0.3) is 11.1 Å². The van der Waals surface area contributed by atoms with E-state index in [9.17, 15) is 4.79 Å². The van der Waals surface area contributed by atoms with Crippen LogP contribution in [0.3, 0.4) is 0 Å². The first kappa shape index (κ1) is 18.7. The number of anilines is 2. The fourth-order valence-corrected chi connectivity index (χ4v) is 3.83. The smallest absolute Gasteiger partial charge is 0.263 e. The number of benzene rings is 1. The van der Waals surface area contributed by atoms with Gasteiger partial charge in [-0.15, -0.1) is 0 Å². The van der Waals surface area contributed by atoms with Crippen molar-refractivity contribution in [2.45, 2.75) is 33.1 Å². The van der Waals surface area contributed by atoms with Gasteiger partial charge in [-0.05, 0) is 38.3 Å². The SMILES string of the molecule is CCc1noc2nc(C)nc(N3CCC[C@@H](C(=O)Nc4ccccc4Cl)C3)c12. The van der Waals surface area contributed by atoms with Crippen LogP contribution in [0.2, 0.25) is 5.02 Å². The molecule has 2 aromatic heterocycles. The number of halogens is 1. The standard InChI is InChI=1S/C20H22ClN5O2/c1-3-15-17-18(22-12(2)23-20(17)28-25-15)26-10-6-7-13(11-26)19(27)24-16-9-5-4-8-14(16)21/h4-5,8-9,13H,3,6-7,10-11H2,1-2H3,(H,24,27)/t13-/m1/s1. The molecule has 28 heavy (non-hydrogen) atoms. The van der Waals surface area contributed by atoms with Crippen LogP contribution in [-0.2, 0) is 11.2 Å². The third kappa shape index (κ3) is 3.54. The van der Waals surface area contributed by atoms with Gasteiger partial charge >= 0.3 is 0 Å². The van der Waals surface area contributed by atoms with Crippen LogP contribution in [0.5, 0.6) is 0 Å². The second-order valence-corrected chi connectivity index (χ2v) is 7.42. The molecule has 1 amide bonds. The molecule has 0 radical (unpaired) electrons. The largest absolute Gasteiger partial charge is 0.355 e. The van der Waals surface area contributed by atoms with Gasteiger partial charge in [0.1, 0.15) is 17.0 Å². The molecule has 1 saturated heterocycles. The number of rotatable bonds is 4. The minimum absolute atomic E-state index is 0.0270. The van der Waals surface area contributed by atoms with E-state index in [0.717, 1.165) is 42.7 Å². The summed E-state index contributed by atoms with van der Waals surface area (Å²) in [7, 11) is 0. The molecular formula is C20H22ClN5O2. The molecule has 7 nitrogen and oxygen atoms in total. The number of piperidine rings is 1. The number of carbonyl (C=O) groups is 1. The van der Waals surface area contributed by atoms with E-state index >= 15 is 0 Å². The summed E-state index contributed by atoms with van der Waals surface area (Å²) in [5, 5.41) is 8.47. The van der Waals surface area contributed by atoms with E-state index in [-0.39, 0.29) is 11.8 Å². The number of hydrogen-bond acceptors (Lipinski definition) is 6. The average Bonchev–Trinajstić information content (AvgIpc) is 3.12. The first-order valence-electron chi connectivity index (χ1n) is 9.50. The van der Waals surface area contributed by atoms with Crippen molar-refractivity contribution < 1.29 is 9.32 Å². The Labute approximate surface area is 168 Å². The molecule has 1 N–H and O–H groups in total. The van der Waals surface area contributed by atoms with Crippen LogP contribution in [0.1, 0.15) is 31.3 Å². The van der Waals surface area contributed by atoms with Gasteiger partial charge in [-0.1, -0.05) is 35.8 Å². The monoisotopic (exact) mass is 399 g/mol. The first-order chi connectivity index (χ1) is 13.6. The zero-order valence-electron chi connectivity index (χ0n) is 15.9. The number of para-hydroxylation sites is 1. The Bertz CT molecular complexity index is 1020. The van der Waals surface area contributed by atoms with E-state index in [1.54, 1.807) is 6.07 Å². The third-order valence-electron chi connectivity index (χ3n) is 5.06. The van der Waals surface area contributed by atoms with Crippen molar-refractivity contribution in [2.24, 2.45) is 5.92 Å². The number of aromatic nitrogens is 3. The van der Waals surface area contributed by atoms with Gasteiger partial charge in [-0.3, -0.25) is 4.79 Å². The average molecular weight is 400 g/mol. The van der Waals surface area contributed by atoms with Crippen LogP contribution in [0.4, 0.5) is 11.5 Å². The van der Waals surface area contributed by atoms with Gasteiger partial charge in [-0.2, -0.15) is 4.98 Å².